The van der Waals surface area contributed by atoms with Crippen molar-refractivity contribution >= 4 is 22.0 Å². The lowest BCUT2D eigenvalue weighted by Crippen LogP contribution is -2.42. The highest BCUT2D eigenvalue weighted by atomic mass is 32.2. The predicted molar refractivity (Wildman–Crippen MR) is 81.3 cm³/mol. The lowest BCUT2D eigenvalue weighted by Gasteiger charge is -2.21. The van der Waals surface area contributed by atoms with Crippen LogP contribution in [0.25, 0.3) is 0 Å². The van der Waals surface area contributed by atoms with E-state index in [-0.39, 0.29) is 24.6 Å². The van der Waals surface area contributed by atoms with Crippen molar-refractivity contribution in [3.63, 3.8) is 0 Å². The first kappa shape index (κ1) is 15.9. The van der Waals surface area contributed by atoms with Crippen LogP contribution in [-0.2, 0) is 19.6 Å². The molecule has 2 aliphatic heterocycles. The summed E-state index contributed by atoms with van der Waals surface area (Å²) in [5.74, 6) is -0.411. The number of aryl methyl sites for hydroxylation is 2. The van der Waals surface area contributed by atoms with Crippen molar-refractivity contribution in [3.8, 4) is 0 Å². The molecule has 3 rings (SSSR count). The van der Waals surface area contributed by atoms with Gasteiger partial charge in [-0.1, -0.05) is 12.1 Å². The molecule has 0 aliphatic carbocycles. The number of sulfonamides is 1. The van der Waals surface area contributed by atoms with Gasteiger partial charge in [-0.2, -0.15) is 4.31 Å². The van der Waals surface area contributed by atoms with E-state index in [1.807, 2.05) is 13.0 Å². The summed E-state index contributed by atoms with van der Waals surface area (Å²) in [5.41, 5.74) is 1.54. The van der Waals surface area contributed by atoms with Crippen LogP contribution in [0.15, 0.2) is 23.1 Å². The Morgan fingerprint density at radius 1 is 1.22 bits per heavy atom. The molecular weight excluding hydrogens is 320 g/mol. The van der Waals surface area contributed by atoms with Crippen LogP contribution in [0.2, 0.25) is 0 Å². The van der Waals surface area contributed by atoms with Gasteiger partial charge in [0.1, 0.15) is 0 Å². The van der Waals surface area contributed by atoms with Gasteiger partial charge in [0.15, 0.2) is 6.61 Å². The molecule has 0 radical (unpaired) electrons. The van der Waals surface area contributed by atoms with Crippen molar-refractivity contribution < 1.29 is 22.7 Å². The topological polar surface area (TPSA) is 84.0 Å². The number of nitrogens with zero attached hydrogens (tertiary/aromatic N) is 2. The van der Waals surface area contributed by atoms with Crippen molar-refractivity contribution in [2.45, 2.75) is 31.2 Å². The third kappa shape index (κ3) is 2.72. The minimum Gasteiger partial charge on any atom is -0.439 e. The van der Waals surface area contributed by atoms with E-state index in [9.17, 15) is 18.0 Å². The normalized spacial score (nSPS) is 22.7. The summed E-state index contributed by atoms with van der Waals surface area (Å²) < 4.78 is 31.7. The zero-order valence-electron chi connectivity index (χ0n) is 13.0. The van der Waals surface area contributed by atoms with Crippen molar-refractivity contribution in [3.05, 3.63) is 29.3 Å². The van der Waals surface area contributed by atoms with E-state index in [1.54, 1.807) is 19.1 Å². The van der Waals surface area contributed by atoms with Gasteiger partial charge in [-0.15, -0.1) is 0 Å². The fraction of sp³-hybridized carbons (Fsp3) is 0.467. The van der Waals surface area contributed by atoms with Crippen molar-refractivity contribution in [1.29, 1.82) is 0 Å². The first-order valence-electron chi connectivity index (χ1n) is 7.37. The Morgan fingerprint density at radius 2 is 1.96 bits per heavy atom. The molecule has 2 amide bonds. The lowest BCUT2D eigenvalue weighted by molar-refractivity contribution is -0.127. The maximum atomic E-state index is 12.8. The second-order valence-corrected chi connectivity index (χ2v) is 7.80. The van der Waals surface area contributed by atoms with E-state index in [0.29, 0.717) is 12.0 Å². The molecule has 0 spiro atoms. The Hall–Kier alpha value is -1.93. The number of benzene rings is 1. The Morgan fingerprint density at radius 3 is 2.61 bits per heavy atom. The van der Waals surface area contributed by atoms with Crippen molar-refractivity contribution in [2.75, 3.05) is 19.7 Å². The molecule has 2 saturated heterocycles. The summed E-state index contributed by atoms with van der Waals surface area (Å²) in [6.45, 7) is 3.71. The van der Waals surface area contributed by atoms with Gasteiger partial charge in [0, 0.05) is 13.1 Å². The number of amides is 2. The molecule has 0 bridgehead atoms. The molecule has 1 aromatic carbocycles. The van der Waals surface area contributed by atoms with E-state index in [4.69, 9.17) is 4.74 Å². The highest BCUT2D eigenvalue weighted by Gasteiger charge is 2.43. The van der Waals surface area contributed by atoms with Crippen molar-refractivity contribution in [1.82, 2.24) is 9.21 Å². The van der Waals surface area contributed by atoms with Gasteiger partial charge >= 0.3 is 6.09 Å². The SMILES string of the molecule is Cc1ccc(C)c(S(=O)(=O)N2CCC(N3C(=O)COC3=O)C2)c1. The number of carbonyl (C=O) groups is 2. The standard InChI is InChI=1S/C15H18N2O5S/c1-10-3-4-11(2)13(7-10)23(20,21)16-6-5-12(8-16)17-14(18)9-22-15(17)19/h3-4,7,12H,5-6,8-9H2,1-2H3. The van der Waals surface area contributed by atoms with E-state index in [0.717, 1.165) is 10.5 Å². The minimum atomic E-state index is -3.65. The number of ether oxygens (including phenoxy) is 1. The summed E-state index contributed by atoms with van der Waals surface area (Å²) in [6.07, 6.45) is -0.267. The van der Waals surface area contributed by atoms with E-state index in [1.165, 1.54) is 4.31 Å². The van der Waals surface area contributed by atoms with E-state index >= 15 is 0 Å². The van der Waals surface area contributed by atoms with E-state index in [2.05, 4.69) is 0 Å². The van der Waals surface area contributed by atoms with Crippen LogP contribution in [0.5, 0.6) is 0 Å². The van der Waals surface area contributed by atoms with Crippen LogP contribution in [-0.4, -0.2) is 55.4 Å². The van der Waals surface area contributed by atoms with Crippen LogP contribution in [0.3, 0.4) is 0 Å². The summed E-state index contributed by atoms with van der Waals surface area (Å²) >= 11 is 0. The molecule has 2 fully saturated rings. The molecule has 0 saturated carbocycles. The quantitative estimate of drug-likeness (QED) is 0.822. The first-order valence-corrected chi connectivity index (χ1v) is 8.81. The summed E-state index contributed by atoms with van der Waals surface area (Å²) in [4.78, 5) is 24.6. The van der Waals surface area contributed by atoms with Crippen LogP contribution < -0.4 is 0 Å². The van der Waals surface area contributed by atoms with E-state index < -0.39 is 28.1 Å². The Balaban J connectivity index is 1.84. The number of hydrogen-bond acceptors (Lipinski definition) is 5. The molecule has 124 valence electrons. The third-order valence-corrected chi connectivity index (χ3v) is 6.24. The lowest BCUT2D eigenvalue weighted by atomic mass is 10.2. The summed E-state index contributed by atoms with van der Waals surface area (Å²) in [6, 6.07) is 4.82. The summed E-state index contributed by atoms with van der Waals surface area (Å²) in [5, 5.41) is 0. The minimum absolute atomic E-state index is 0.108. The number of carbonyl (C=O) groups excluding carboxylic acids is 2. The van der Waals surface area contributed by atoms with Gasteiger partial charge in [0.05, 0.1) is 10.9 Å². The smallest absolute Gasteiger partial charge is 0.417 e. The molecule has 1 unspecified atom stereocenters. The summed E-state index contributed by atoms with van der Waals surface area (Å²) in [7, 11) is -3.65. The van der Waals surface area contributed by atoms with Gasteiger partial charge in [0.2, 0.25) is 10.0 Å². The molecule has 8 heteroatoms. The maximum absolute atomic E-state index is 12.8. The number of cyclic esters (lactones) is 1. The highest BCUT2D eigenvalue weighted by molar-refractivity contribution is 7.89. The Labute approximate surface area is 134 Å². The second kappa shape index (κ2) is 5.61. The fourth-order valence-electron chi connectivity index (χ4n) is 2.98. The third-order valence-electron chi connectivity index (χ3n) is 4.24. The second-order valence-electron chi connectivity index (χ2n) is 5.89. The average molecular weight is 338 g/mol. The molecule has 7 nitrogen and oxygen atoms in total. The highest BCUT2D eigenvalue weighted by Crippen LogP contribution is 2.27. The van der Waals surface area contributed by atoms with Gasteiger partial charge in [-0.3, -0.25) is 4.79 Å². The van der Waals surface area contributed by atoms with Gasteiger partial charge < -0.3 is 4.74 Å². The monoisotopic (exact) mass is 338 g/mol. The van der Waals surface area contributed by atoms with Gasteiger partial charge in [-0.25, -0.2) is 18.1 Å². The molecular formula is C15H18N2O5S. The van der Waals surface area contributed by atoms with Gasteiger partial charge in [-0.05, 0) is 37.5 Å². The number of hydrogen-bond donors (Lipinski definition) is 0. The van der Waals surface area contributed by atoms with Crippen LogP contribution in [0.4, 0.5) is 4.79 Å². The molecule has 0 aromatic heterocycles. The molecule has 2 aliphatic rings. The van der Waals surface area contributed by atoms with Crippen LogP contribution >= 0.6 is 0 Å². The maximum Gasteiger partial charge on any atom is 0.417 e. The molecule has 0 N–H and O–H groups in total. The molecule has 2 heterocycles. The Bertz CT molecular complexity index is 758. The predicted octanol–water partition coefficient (Wildman–Crippen LogP) is 1.05. The molecule has 1 atom stereocenters. The zero-order chi connectivity index (χ0) is 16.8. The van der Waals surface area contributed by atoms with Crippen molar-refractivity contribution in [2.24, 2.45) is 0 Å². The van der Waals surface area contributed by atoms with Crippen LogP contribution in [0.1, 0.15) is 17.5 Å². The molecule has 1 aromatic rings. The number of imide groups is 1. The largest absolute Gasteiger partial charge is 0.439 e. The Kier molecular flexibility index (Phi) is 3.89. The average Bonchev–Trinajstić information content (AvgIpc) is 3.09. The number of rotatable bonds is 3. The van der Waals surface area contributed by atoms with Crippen LogP contribution in [0, 0.1) is 13.8 Å². The zero-order valence-corrected chi connectivity index (χ0v) is 13.8. The molecule has 23 heavy (non-hydrogen) atoms. The first-order chi connectivity index (χ1) is 10.8. The van der Waals surface area contributed by atoms with Gasteiger partial charge in [0.25, 0.3) is 5.91 Å². The fourth-order valence-corrected chi connectivity index (χ4v) is 4.78.